The van der Waals surface area contributed by atoms with Crippen molar-refractivity contribution in [3.63, 3.8) is 0 Å². The standard InChI is InChI=1S/C9H13N5O3S/c10-13-8-2-1-7(5-12-8)18(16,17)14-4-3-11-9(15)6-14/h1-2,5H,3-4,6,10H2,(H,11,15)(H,12,13). The van der Waals surface area contributed by atoms with Crippen LogP contribution in [-0.4, -0.2) is 43.2 Å². The Labute approximate surface area is 104 Å². The fraction of sp³-hybridized carbons (Fsp3) is 0.333. The number of hydrogen-bond acceptors (Lipinski definition) is 6. The van der Waals surface area contributed by atoms with E-state index in [2.05, 4.69) is 15.7 Å². The van der Waals surface area contributed by atoms with Gasteiger partial charge in [0, 0.05) is 19.3 Å². The molecule has 1 amide bonds. The van der Waals surface area contributed by atoms with Gasteiger partial charge in [0.15, 0.2) is 0 Å². The molecule has 2 rings (SSSR count). The lowest BCUT2D eigenvalue weighted by molar-refractivity contribution is -0.122. The number of anilines is 1. The highest BCUT2D eigenvalue weighted by Crippen LogP contribution is 2.16. The molecular weight excluding hydrogens is 258 g/mol. The molecule has 0 saturated carbocycles. The predicted molar refractivity (Wildman–Crippen MR) is 63.8 cm³/mol. The molecule has 0 atom stereocenters. The first-order valence-electron chi connectivity index (χ1n) is 5.23. The smallest absolute Gasteiger partial charge is 0.245 e. The lowest BCUT2D eigenvalue weighted by Gasteiger charge is -2.25. The number of nitrogens with one attached hydrogen (secondary N) is 2. The number of piperazine rings is 1. The minimum Gasteiger partial charge on any atom is -0.354 e. The number of amides is 1. The summed E-state index contributed by atoms with van der Waals surface area (Å²) in [6, 6.07) is 2.85. The maximum Gasteiger partial charge on any atom is 0.245 e. The van der Waals surface area contributed by atoms with Crippen molar-refractivity contribution < 1.29 is 13.2 Å². The van der Waals surface area contributed by atoms with Crippen molar-refractivity contribution in [2.45, 2.75) is 4.90 Å². The summed E-state index contributed by atoms with van der Waals surface area (Å²) in [7, 11) is -3.68. The third-order valence-corrected chi connectivity index (χ3v) is 4.35. The molecular formula is C9H13N5O3S. The highest BCUT2D eigenvalue weighted by molar-refractivity contribution is 7.89. The van der Waals surface area contributed by atoms with E-state index in [1.807, 2.05) is 0 Å². The van der Waals surface area contributed by atoms with Crippen molar-refractivity contribution in [1.82, 2.24) is 14.6 Å². The summed E-state index contributed by atoms with van der Waals surface area (Å²) in [6.45, 7) is 0.401. The molecule has 0 bridgehead atoms. The van der Waals surface area contributed by atoms with Crippen molar-refractivity contribution in [1.29, 1.82) is 0 Å². The maximum atomic E-state index is 12.2. The van der Waals surface area contributed by atoms with Crippen molar-refractivity contribution in [2.24, 2.45) is 5.84 Å². The van der Waals surface area contributed by atoms with Crippen molar-refractivity contribution in [2.75, 3.05) is 25.1 Å². The van der Waals surface area contributed by atoms with E-state index in [1.165, 1.54) is 18.3 Å². The number of aromatic nitrogens is 1. The molecule has 1 aliphatic heterocycles. The Balaban J connectivity index is 2.26. The van der Waals surface area contributed by atoms with E-state index >= 15 is 0 Å². The van der Waals surface area contributed by atoms with Gasteiger partial charge in [0.2, 0.25) is 15.9 Å². The zero-order valence-corrected chi connectivity index (χ0v) is 10.3. The Morgan fingerprint density at radius 3 is 2.78 bits per heavy atom. The molecule has 98 valence electrons. The monoisotopic (exact) mass is 271 g/mol. The summed E-state index contributed by atoms with van der Waals surface area (Å²) in [5.41, 5.74) is 2.31. The fourth-order valence-electron chi connectivity index (χ4n) is 1.59. The second-order valence-corrected chi connectivity index (χ2v) is 5.65. The van der Waals surface area contributed by atoms with Gasteiger partial charge in [-0.2, -0.15) is 4.31 Å². The molecule has 0 radical (unpaired) electrons. The minimum absolute atomic E-state index is 0.0381. The van der Waals surface area contributed by atoms with Gasteiger partial charge in [-0.3, -0.25) is 4.79 Å². The average Bonchev–Trinajstić information content (AvgIpc) is 2.39. The van der Waals surface area contributed by atoms with Crippen LogP contribution in [0.3, 0.4) is 0 Å². The lowest BCUT2D eigenvalue weighted by atomic mass is 10.4. The van der Waals surface area contributed by atoms with Crippen molar-refractivity contribution in [3.8, 4) is 0 Å². The highest BCUT2D eigenvalue weighted by Gasteiger charge is 2.29. The summed E-state index contributed by atoms with van der Waals surface area (Å²) < 4.78 is 25.5. The van der Waals surface area contributed by atoms with E-state index in [4.69, 9.17) is 5.84 Å². The molecule has 9 heteroatoms. The lowest BCUT2D eigenvalue weighted by Crippen LogP contribution is -2.49. The Kier molecular flexibility index (Phi) is 3.45. The van der Waals surface area contributed by atoms with Gasteiger partial charge in [0.1, 0.15) is 10.7 Å². The zero-order chi connectivity index (χ0) is 13.2. The largest absolute Gasteiger partial charge is 0.354 e. The molecule has 1 saturated heterocycles. The Bertz CT molecular complexity index is 542. The second-order valence-electron chi connectivity index (χ2n) is 3.71. The van der Waals surface area contributed by atoms with Crippen LogP contribution in [0.1, 0.15) is 0 Å². The number of rotatable bonds is 3. The molecule has 4 N–H and O–H groups in total. The second kappa shape index (κ2) is 4.88. The molecule has 18 heavy (non-hydrogen) atoms. The Morgan fingerprint density at radius 1 is 1.44 bits per heavy atom. The van der Waals surface area contributed by atoms with Crippen LogP contribution in [-0.2, 0) is 14.8 Å². The van der Waals surface area contributed by atoms with Crippen molar-refractivity contribution in [3.05, 3.63) is 18.3 Å². The number of hydrazine groups is 1. The number of carbonyl (C=O) groups excluding carboxylic acids is 1. The molecule has 1 fully saturated rings. The molecule has 8 nitrogen and oxygen atoms in total. The quantitative estimate of drug-likeness (QED) is 0.454. The molecule has 0 aromatic carbocycles. The first kappa shape index (κ1) is 12.7. The molecule has 1 aliphatic rings. The van der Waals surface area contributed by atoms with Gasteiger partial charge < -0.3 is 10.7 Å². The van der Waals surface area contributed by atoms with Gasteiger partial charge in [0.05, 0.1) is 6.54 Å². The summed E-state index contributed by atoms with van der Waals surface area (Å²) in [5, 5.41) is 2.57. The SMILES string of the molecule is NNc1ccc(S(=O)(=O)N2CCNC(=O)C2)cn1. The van der Waals surface area contributed by atoms with E-state index in [-0.39, 0.29) is 23.9 Å². The molecule has 0 unspecified atom stereocenters. The van der Waals surface area contributed by atoms with Crippen LogP contribution in [0.25, 0.3) is 0 Å². The fourth-order valence-corrected chi connectivity index (χ4v) is 2.93. The molecule has 0 spiro atoms. The molecule has 1 aromatic heterocycles. The number of nitrogens with zero attached hydrogens (tertiary/aromatic N) is 2. The topological polar surface area (TPSA) is 117 Å². The van der Waals surface area contributed by atoms with Crippen LogP contribution in [0.4, 0.5) is 5.82 Å². The Morgan fingerprint density at radius 2 is 2.22 bits per heavy atom. The van der Waals surface area contributed by atoms with E-state index in [0.29, 0.717) is 12.4 Å². The average molecular weight is 271 g/mol. The molecule has 1 aromatic rings. The van der Waals surface area contributed by atoms with Crippen LogP contribution in [0.2, 0.25) is 0 Å². The molecule has 0 aliphatic carbocycles. The van der Waals surface area contributed by atoms with Crippen LogP contribution >= 0.6 is 0 Å². The predicted octanol–water partition coefficient (Wildman–Crippen LogP) is -1.51. The minimum atomic E-state index is -3.68. The van der Waals surface area contributed by atoms with Crippen LogP contribution < -0.4 is 16.6 Å². The normalized spacial score (nSPS) is 17.3. The van der Waals surface area contributed by atoms with Gasteiger partial charge in [0.25, 0.3) is 0 Å². The zero-order valence-electron chi connectivity index (χ0n) is 9.46. The van der Waals surface area contributed by atoms with E-state index in [0.717, 1.165) is 4.31 Å². The highest BCUT2D eigenvalue weighted by atomic mass is 32.2. The van der Waals surface area contributed by atoms with E-state index < -0.39 is 10.0 Å². The number of carbonyl (C=O) groups is 1. The third-order valence-electron chi connectivity index (χ3n) is 2.53. The number of pyridine rings is 1. The number of hydrogen-bond donors (Lipinski definition) is 3. The Hall–Kier alpha value is -1.71. The summed E-state index contributed by atoms with van der Waals surface area (Å²) in [5.74, 6) is 5.20. The van der Waals surface area contributed by atoms with Crippen LogP contribution in [0.15, 0.2) is 23.2 Å². The third kappa shape index (κ3) is 2.42. The van der Waals surface area contributed by atoms with E-state index in [9.17, 15) is 13.2 Å². The van der Waals surface area contributed by atoms with Gasteiger partial charge in [-0.1, -0.05) is 0 Å². The van der Waals surface area contributed by atoms with Crippen LogP contribution in [0.5, 0.6) is 0 Å². The van der Waals surface area contributed by atoms with E-state index in [1.54, 1.807) is 0 Å². The number of nitrogen functional groups attached to an aromatic ring is 1. The van der Waals surface area contributed by atoms with Gasteiger partial charge in [-0.05, 0) is 12.1 Å². The van der Waals surface area contributed by atoms with Gasteiger partial charge in [-0.15, -0.1) is 0 Å². The molecule has 2 heterocycles. The summed E-state index contributed by atoms with van der Waals surface area (Å²) >= 11 is 0. The van der Waals surface area contributed by atoms with Gasteiger partial charge in [-0.25, -0.2) is 19.2 Å². The summed E-state index contributed by atoms with van der Waals surface area (Å²) in [4.78, 5) is 15.1. The first-order valence-corrected chi connectivity index (χ1v) is 6.67. The number of sulfonamides is 1. The number of nitrogens with two attached hydrogens (primary N) is 1. The summed E-state index contributed by atoms with van der Waals surface area (Å²) in [6.07, 6.45) is 1.21. The van der Waals surface area contributed by atoms with Crippen molar-refractivity contribution >= 4 is 21.7 Å². The first-order chi connectivity index (χ1) is 8.54. The van der Waals surface area contributed by atoms with Crippen LogP contribution in [0, 0.1) is 0 Å². The maximum absolute atomic E-state index is 12.2. The van der Waals surface area contributed by atoms with Gasteiger partial charge >= 0.3 is 0 Å².